The summed E-state index contributed by atoms with van der Waals surface area (Å²) >= 11 is 0. The molecule has 1 nitrogen and oxygen atoms in total. The number of Topliss-reactive ketones (excluding diaryl/α,β-unsaturated/α-hetero) is 1. The van der Waals surface area contributed by atoms with E-state index in [1.54, 1.807) is 6.92 Å². The molecule has 0 saturated heterocycles. The van der Waals surface area contributed by atoms with E-state index in [-0.39, 0.29) is 5.78 Å². The van der Waals surface area contributed by atoms with Crippen molar-refractivity contribution in [2.45, 2.75) is 6.92 Å². The number of hydrogen-bond donors (Lipinski definition) is 0. The molecule has 0 saturated carbocycles. The largest absolute Gasteiger partial charge is 0.294 e. The molecule has 0 aromatic heterocycles. The Balaban J connectivity index is 2.15. The van der Waals surface area contributed by atoms with E-state index in [2.05, 4.69) is 24.3 Å². The van der Waals surface area contributed by atoms with Crippen LogP contribution >= 0.6 is 7.92 Å². The van der Waals surface area contributed by atoms with Gasteiger partial charge in [-0.15, -0.1) is 0 Å². The molecule has 0 unspecified atom stereocenters. The van der Waals surface area contributed by atoms with E-state index in [0.717, 1.165) is 10.9 Å². The molecule has 0 N–H and O–H groups in total. The van der Waals surface area contributed by atoms with Crippen molar-refractivity contribution < 1.29 is 4.79 Å². The van der Waals surface area contributed by atoms with Gasteiger partial charge in [0.05, 0.1) is 0 Å². The molecule has 0 bridgehead atoms. The second-order valence-corrected chi connectivity index (χ2v) is 7.69. The predicted molar refractivity (Wildman–Crippen MR) is 104 cm³/mol. The highest BCUT2D eigenvalue weighted by Crippen LogP contribution is 2.44. The Bertz CT molecular complexity index is 784. The zero-order chi connectivity index (χ0) is 16.8. The molecule has 118 valence electrons. The highest BCUT2D eigenvalue weighted by molar-refractivity contribution is 7.78. The normalized spacial score (nSPS) is 11.5. The molecule has 0 fully saturated rings. The van der Waals surface area contributed by atoms with Gasteiger partial charge in [-0.2, -0.15) is 0 Å². The summed E-state index contributed by atoms with van der Waals surface area (Å²) in [5.74, 6) is 0.123. The SMILES string of the molecule is CC(=O)C(=Cc1ccccc1)P(c1ccccc1)c1ccccc1. The lowest BCUT2D eigenvalue weighted by atomic mass is 10.2. The molecule has 0 aliphatic carbocycles. The standard InChI is InChI=1S/C22H19OP/c1-18(23)22(17-19-11-5-2-6-12-19)24(20-13-7-3-8-14-20)21-15-9-4-10-16-21/h2-17H,1H3. The molecule has 0 heterocycles. The lowest BCUT2D eigenvalue weighted by molar-refractivity contribution is -0.112. The number of hydrogen-bond acceptors (Lipinski definition) is 1. The van der Waals surface area contributed by atoms with Crippen molar-refractivity contribution in [1.29, 1.82) is 0 Å². The molecule has 24 heavy (non-hydrogen) atoms. The molecular weight excluding hydrogens is 311 g/mol. The van der Waals surface area contributed by atoms with Crippen LogP contribution in [-0.2, 0) is 4.79 Å². The van der Waals surface area contributed by atoms with Crippen LogP contribution in [0.15, 0.2) is 96.3 Å². The van der Waals surface area contributed by atoms with Crippen LogP contribution in [0.25, 0.3) is 6.08 Å². The van der Waals surface area contributed by atoms with Gasteiger partial charge in [-0.25, -0.2) is 0 Å². The van der Waals surface area contributed by atoms with Gasteiger partial charge in [0.15, 0.2) is 5.78 Å². The third kappa shape index (κ3) is 3.88. The average Bonchev–Trinajstić information content (AvgIpc) is 2.64. The maximum atomic E-state index is 12.5. The van der Waals surface area contributed by atoms with Crippen LogP contribution in [0.3, 0.4) is 0 Å². The summed E-state index contributed by atoms with van der Waals surface area (Å²) in [6, 6.07) is 30.7. The van der Waals surface area contributed by atoms with Gasteiger partial charge in [0.2, 0.25) is 0 Å². The highest BCUT2D eigenvalue weighted by Gasteiger charge is 2.21. The zero-order valence-corrected chi connectivity index (χ0v) is 14.5. The first-order valence-corrected chi connectivity index (χ1v) is 9.28. The van der Waals surface area contributed by atoms with Crippen LogP contribution in [-0.4, -0.2) is 5.78 Å². The summed E-state index contributed by atoms with van der Waals surface area (Å²) in [5.41, 5.74) is 1.06. The molecule has 0 amide bonds. The average molecular weight is 330 g/mol. The summed E-state index contributed by atoms with van der Waals surface area (Å²) in [4.78, 5) is 12.5. The Morgan fingerprint density at radius 1 is 0.708 bits per heavy atom. The number of ketones is 1. The van der Waals surface area contributed by atoms with Crippen molar-refractivity contribution in [1.82, 2.24) is 0 Å². The minimum absolute atomic E-state index is 0.123. The predicted octanol–water partition coefficient (Wildman–Crippen LogP) is 4.75. The summed E-state index contributed by atoms with van der Waals surface area (Å²) in [7, 11) is -0.866. The molecule has 0 radical (unpaired) electrons. The zero-order valence-electron chi connectivity index (χ0n) is 13.6. The van der Waals surface area contributed by atoms with E-state index in [9.17, 15) is 4.79 Å². The third-order valence-corrected chi connectivity index (χ3v) is 6.29. The summed E-state index contributed by atoms with van der Waals surface area (Å²) in [6.45, 7) is 1.66. The van der Waals surface area contributed by atoms with Gasteiger partial charge in [-0.05, 0) is 37.1 Å². The minimum atomic E-state index is -0.866. The maximum absolute atomic E-state index is 12.5. The second-order valence-electron chi connectivity index (χ2n) is 5.50. The topological polar surface area (TPSA) is 17.1 Å². The van der Waals surface area contributed by atoms with Crippen molar-refractivity contribution in [3.05, 3.63) is 102 Å². The third-order valence-electron chi connectivity index (χ3n) is 3.73. The first-order chi connectivity index (χ1) is 11.8. The fourth-order valence-electron chi connectivity index (χ4n) is 2.61. The summed E-state index contributed by atoms with van der Waals surface area (Å²) in [6.07, 6.45) is 2.04. The summed E-state index contributed by atoms with van der Waals surface area (Å²) in [5, 5.41) is 3.25. The van der Waals surface area contributed by atoms with E-state index in [1.165, 1.54) is 10.6 Å². The van der Waals surface area contributed by atoms with E-state index >= 15 is 0 Å². The fraction of sp³-hybridized carbons (Fsp3) is 0.0455. The van der Waals surface area contributed by atoms with Crippen molar-refractivity contribution in [2.24, 2.45) is 0 Å². The first-order valence-electron chi connectivity index (χ1n) is 7.93. The van der Waals surface area contributed by atoms with E-state index < -0.39 is 7.92 Å². The highest BCUT2D eigenvalue weighted by atomic mass is 31.1. The Morgan fingerprint density at radius 3 is 1.54 bits per heavy atom. The molecule has 0 aliphatic heterocycles. The molecule has 3 rings (SSSR count). The van der Waals surface area contributed by atoms with Crippen LogP contribution in [0.4, 0.5) is 0 Å². The summed E-state index contributed by atoms with van der Waals surface area (Å²) < 4.78 is 0. The molecule has 2 heteroatoms. The van der Waals surface area contributed by atoms with Crippen molar-refractivity contribution >= 4 is 30.4 Å². The molecule has 3 aromatic carbocycles. The number of carbonyl (C=O) groups is 1. The Kier molecular flexibility index (Phi) is 5.36. The van der Waals surface area contributed by atoms with Gasteiger partial charge < -0.3 is 0 Å². The first kappa shape index (κ1) is 16.4. The van der Waals surface area contributed by atoms with Gasteiger partial charge in [-0.3, -0.25) is 4.79 Å². The van der Waals surface area contributed by atoms with Crippen LogP contribution in [0.2, 0.25) is 0 Å². The van der Waals surface area contributed by atoms with Crippen molar-refractivity contribution in [3.63, 3.8) is 0 Å². The Labute approximate surface area is 144 Å². The number of benzene rings is 3. The molecule has 3 aromatic rings. The lowest BCUT2D eigenvalue weighted by Gasteiger charge is -2.20. The van der Waals surface area contributed by atoms with Gasteiger partial charge >= 0.3 is 0 Å². The van der Waals surface area contributed by atoms with E-state index in [0.29, 0.717) is 0 Å². The molecule has 0 spiro atoms. The van der Waals surface area contributed by atoms with Gasteiger partial charge in [0.25, 0.3) is 0 Å². The van der Waals surface area contributed by atoms with Gasteiger partial charge in [-0.1, -0.05) is 91.0 Å². The fourth-order valence-corrected chi connectivity index (χ4v) is 5.00. The van der Waals surface area contributed by atoms with Crippen LogP contribution < -0.4 is 10.6 Å². The van der Waals surface area contributed by atoms with Crippen LogP contribution in [0, 0.1) is 0 Å². The van der Waals surface area contributed by atoms with Gasteiger partial charge in [0, 0.05) is 5.31 Å². The van der Waals surface area contributed by atoms with Crippen molar-refractivity contribution in [3.8, 4) is 0 Å². The molecule has 0 aliphatic rings. The molecular formula is C22H19OP. The Hall–Kier alpha value is -2.50. The van der Waals surface area contributed by atoms with Gasteiger partial charge in [0.1, 0.15) is 0 Å². The van der Waals surface area contributed by atoms with E-state index in [1.807, 2.05) is 72.8 Å². The van der Waals surface area contributed by atoms with Crippen molar-refractivity contribution in [2.75, 3.05) is 0 Å². The van der Waals surface area contributed by atoms with Crippen LogP contribution in [0.5, 0.6) is 0 Å². The smallest absolute Gasteiger partial charge is 0.160 e. The lowest BCUT2D eigenvalue weighted by Crippen LogP contribution is -2.15. The number of allylic oxidation sites excluding steroid dienone is 1. The maximum Gasteiger partial charge on any atom is 0.160 e. The molecule has 0 atom stereocenters. The number of rotatable bonds is 5. The van der Waals surface area contributed by atoms with Crippen LogP contribution in [0.1, 0.15) is 12.5 Å². The second kappa shape index (κ2) is 7.86. The number of carbonyl (C=O) groups excluding carboxylic acids is 1. The monoisotopic (exact) mass is 330 g/mol. The minimum Gasteiger partial charge on any atom is -0.294 e. The quantitative estimate of drug-likeness (QED) is 0.487. The van der Waals surface area contributed by atoms with E-state index in [4.69, 9.17) is 0 Å². The Morgan fingerprint density at radius 2 is 1.12 bits per heavy atom.